The number of nitro benzene ring substituents is 1. The Morgan fingerprint density at radius 2 is 2.00 bits per heavy atom. The fourth-order valence-electron chi connectivity index (χ4n) is 3.15. The van der Waals surface area contributed by atoms with E-state index in [9.17, 15) is 23.3 Å². The van der Waals surface area contributed by atoms with Crippen molar-refractivity contribution in [3.63, 3.8) is 0 Å². The zero-order chi connectivity index (χ0) is 19.1. The van der Waals surface area contributed by atoms with E-state index in [1.165, 1.54) is 37.3 Å². The number of sulfonamides is 1. The molecule has 0 spiro atoms. The molecule has 1 amide bonds. The molecule has 2 aromatic carbocycles. The summed E-state index contributed by atoms with van der Waals surface area (Å²) >= 11 is 0. The molecule has 0 fully saturated rings. The number of nitro groups is 1. The van der Waals surface area contributed by atoms with Crippen LogP contribution in [-0.2, 0) is 21.2 Å². The molecule has 0 saturated heterocycles. The highest BCUT2D eigenvalue weighted by molar-refractivity contribution is 7.92. The van der Waals surface area contributed by atoms with Crippen LogP contribution in [0.5, 0.6) is 0 Å². The van der Waals surface area contributed by atoms with Gasteiger partial charge < -0.3 is 4.90 Å². The van der Waals surface area contributed by atoms with Crippen molar-refractivity contribution in [2.75, 3.05) is 9.62 Å². The second-order valence-corrected chi connectivity index (χ2v) is 7.83. The van der Waals surface area contributed by atoms with Crippen LogP contribution in [0.1, 0.15) is 19.4 Å². The summed E-state index contributed by atoms with van der Waals surface area (Å²) in [7, 11) is -3.91. The summed E-state index contributed by atoms with van der Waals surface area (Å²) in [6.45, 7) is 3.37. The zero-order valence-corrected chi connectivity index (χ0v) is 15.0. The molecule has 0 radical (unpaired) electrons. The van der Waals surface area contributed by atoms with E-state index in [1.54, 1.807) is 11.0 Å². The van der Waals surface area contributed by atoms with Crippen LogP contribution < -0.4 is 9.62 Å². The monoisotopic (exact) mass is 375 g/mol. The summed E-state index contributed by atoms with van der Waals surface area (Å²) in [6.07, 6.45) is 0.565. The number of amides is 1. The van der Waals surface area contributed by atoms with Gasteiger partial charge in [-0.15, -0.1) is 0 Å². The average molecular weight is 375 g/mol. The summed E-state index contributed by atoms with van der Waals surface area (Å²) in [5.41, 5.74) is 1.39. The molecule has 2 aromatic rings. The number of non-ortho nitro benzene ring substituents is 1. The summed E-state index contributed by atoms with van der Waals surface area (Å²) < 4.78 is 27.6. The van der Waals surface area contributed by atoms with Gasteiger partial charge in [0.05, 0.1) is 15.5 Å². The van der Waals surface area contributed by atoms with Crippen LogP contribution in [0.15, 0.2) is 47.4 Å². The van der Waals surface area contributed by atoms with Crippen LogP contribution in [0.2, 0.25) is 0 Å². The number of fused-ring (bicyclic) bond motifs is 1. The van der Waals surface area contributed by atoms with E-state index < -0.39 is 14.9 Å². The highest BCUT2D eigenvalue weighted by Crippen LogP contribution is 2.34. The first kappa shape index (κ1) is 17.9. The first-order valence-corrected chi connectivity index (χ1v) is 9.37. The SMILES string of the molecule is CC(=O)N1c2ccc(S(=O)(=O)Nc3cccc([N+](=O)[O-])c3)cc2CC1C. The predicted octanol–water partition coefficient (Wildman–Crippen LogP) is 2.69. The lowest BCUT2D eigenvalue weighted by Gasteiger charge is -2.20. The van der Waals surface area contributed by atoms with Crippen LogP contribution in [0.25, 0.3) is 0 Å². The third kappa shape index (κ3) is 3.25. The summed E-state index contributed by atoms with van der Waals surface area (Å²) in [5.74, 6) is -0.0958. The molecule has 1 atom stereocenters. The van der Waals surface area contributed by atoms with E-state index in [0.717, 1.165) is 11.6 Å². The highest BCUT2D eigenvalue weighted by atomic mass is 32.2. The maximum atomic E-state index is 12.6. The van der Waals surface area contributed by atoms with Crippen LogP contribution >= 0.6 is 0 Å². The van der Waals surface area contributed by atoms with E-state index in [2.05, 4.69) is 4.72 Å². The number of anilines is 2. The van der Waals surface area contributed by atoms with E-state index in [0.29, 0.717) is 12.1 Å². The maximum Gasteiger partial charge on any atom is 0.271 e. The van der Waals surface area contributed by atoms with Crippen LogP contribution in [-0.4, -0.2) is 25.3 Å². The Labute approximate surface area is 150 Å². The molecule has 1 aliphatic heterocycles. The minimum Gasteiger partial charge on any atom is -0.309 e. The molecule has 136 valence electrons. The summed E-state index contributed by atoms with van der Waals surface area (Å²) in [6, 6.07) is 9.83. The van der Waals surface area contributed by atoms with Gasteiger partial charge in [0.25, 0.3) is 15.7 Å². The predicted molar refractivity (Wildman–Crippen MR) is 96.7 cm³/mol. The third-order valence-corrected chi connectivity index (χ3v) is 5.60. The molecule has 1 heterocycles. The number of carbonyl (C=O) groups is 1. The topological polar surface area (TPSA) is 110 Å². The van der Waals surface area contributed by atoms with Gasteiger partial charge in [0.2, 0.25) is 5.91 Å². The van der Waals surface area contributed by atoms with Crippen LogP contribution in [0.3, 0.4) is 0 Å². The first-order chi connectivity index (χ1) is 12.2. The van der Waals surface area contributed by atoms with Crippen LogP contribution in [0.4, 0.5) is 17.1 Å². The summed E-state index contributed by atoms with van der Waals surface area (Å²) in [5, 5.41) is 10.8. The molecule has 9 heteroatoms. The van der Waals surface area contributed by atoms with E-state index in [4.69, 9.17) is 0 Å². The second kappa shape index (κ2) is 6.41. The molecule has 1 unspecified atom stereocenters. The molecule has 0 bridgehead atoms. The van der Waals surface area contributed by atoms with Gasteiger partial charge in [-0.3, -0.25) is 19.6 Å². The molecule has 3 rings (SSSR count). The van der Waals surface area contributed by atoms with E-state index in [-0.39, 0.29) is 28.2 Å². The van der Waals surface area contributed by atoms with E-state index in [1.807, 2.05) is 6.92 Å². The van der Waals surface area contributed by atoms with Gasteiger partial charge in [-0.25, -0.2) is 8.42 Å². The number of nitrogens with one attached hydrogen (secondary N) is 1. The Bertz CT molecular complexity index is 1000. The molecular formula is C17H17N3O5S. The average Bonchev–Trinajstić information content (AvgIpc) is 2.89. The number of nitrogens with zero attached hydrogens (tertiary/aromatic N) is 2. The van der Waals surface area contributed by atoms with Crippen molar-refractivity contribution in [2.45, 2.75) is 31.2 Å². The van der Waals surface area contributed by atoms with Gasteiger partial charge in [0, 0.05) is 30.8 Å². The molecular weight excluding hydrogens is 358 g/mol. The smallest absolute Gasteiger partial charge is 0.271 e. The number of benzene rings is 2. The number of hydrogen-bond acceptors (Lipinski definition) is 5. The fourth-order valence-corrected chi connectivity index (χ4v) is 4.25. The Morgan fingerprint density at radius 1 is 1.27 bits per heavy atom. The van der Waals surface area contributed by atoms with Gasteiger partial charge in [0.15, 0.2) is 0 Å². The molecule has 0 aromatic heterocycles. The normalized spacial score (nSPS) is 16.2. The van der Waals surface area contributed by atoms with E-state index >= 15 is 0 Å². The maximum absolute atomic E-state index is 12.6. The largest absolute Gasteiger partial charge is 0.309 e. The first-order valence-electron chi connectivity index (χ1n) is 7.89. The number of hydrogen-bond donors (Lipinski definition) is 1. The van der Waals surface area contributed by atoms with Crippen molar-refractivity contribution in [3.05, 3.63) is 58.1 Å². The molecule has 1 aliphatic rings. The molecule has 0 aliphatic carbocycles. The molecule has 1 N–H and O–H groups in total. The lowest BCUT2D eigenvalue weighted by Crippen LogP contribution is -2.33. The van der Waals surface area contributed by atoms with Gasteiger partial charge in [0.1, 0.15) is 0 Å². The lowest BCUT2D eigenvalue weighted by atomic mass is 10.1. The van der Waals surface area contributed by atoms with Gasteiger partial charge >= 0.3 is 0 Å². The van der Waals surface area contributed by atoms with Crippen molar-refractivity contribution in [3.8, 4) is 0 Å². The molecule has 0 saturated carbocycles. The molecule has 26 heavy (non-hydrogen) atoms. The Kier molecular flexibility index (Phi) is 4.41. The Hall–Kier alpha value is -2.94. The van der Waals surface area contributed by atoms with Gasteiger partial charge in [-0.05, 0) is 43.2 Å². The fraction of sp³-hybridized carbons (Fsp3) is 0.235. The second-order valence-electron chi connectivity index (χ2n) is 6.15. The molecule has 8 nitrogen and oxygen atoms in total. The third-order valence-electron chi connectivity index (χ3n) is 4.23. The summed E-state index contributed by atoms with van der Waals surface area (Å²) in [4.78, 5) is 23.7. The van der Waals surface area contributed by atoms with Crippen LogP contribution in [0, 0.1) is 10.1 Å². The van der Waals surface area contributed by atoms with Crippen molar-refractivity contribution < 1.29 is 18.1 Å². The quantitative estimate of drug-likeness (QED) is 0.653. The number of rotatable bonds is 4. The van der Waals surface area contributed by atoms with Crippen molar-refractivity contribution >= 4 is 33.0 Å². The van der Waals surface area contributed by atoms with Gasteiger partial charge in [-0.2, -0.15) is 0 Å². The lowest BCUT2D eigenvalue weighted by molar-refractivity contribution is -0.384. The van der Waals surface area contributed by atoms with Crippen molar-refractivity contribution in [2.24, 2.45) is 0 Å². The van der Waals surface area contributed by atoms with Gasteiger partial charge in [-0.1, -0.05) is 6.07 Å². The Morgan fingerprint density at radius 3 is 2.65 bits per heavy atom. The van der Waals surface area contributed by atoms with Crippen molar-refractivity contribution in [1.82, 2.24) is 0 Å². The Balaban J connectivity index is 1.92. The van der Waals surface area contributed by atoms with Crippen molar-refractivity contribution in [1.29, 1.82) is 0 Å². The minimum atomic E-state index is -3.91. The highest BCUT2D eigenvalue weighted by Gasteiger charge is 2.30. The number of carbonyl (C=O) groups excluding carboxylic acids is 1. The standard InChI is InChI=1S/C17H17N3O5S/c1-11-8-13-9-16(6-7-17(13)19(11)12(2)21)26(24,25)18-14-4-3-5-15(10-14)20(22)23/h3-7,9-11,18H,8H2,1-2H3. The zero-order valence-electron chi connectivity index (χ0n) is 14.2. The minimum absolute atomic E-state index is 0.0369.